The Bertz CT molecular complexity index is 929. The SMILES string of the molecule is C[NH+](CC(=O)Nc1cc(Cl)ccc1-n1cncn1)Cc1c(F)cccc1Cl. The van der Waals surface area contributed by atoms with Crippen molar-refractivity contribution in [1.82, 2.24) is 14.8 Å². The number of nitrogens with zero attached hydrogens (tertiary/aromatic N) is 3. The van der Waals surface area contributed by atoms with E-state index in [0.717, 1.165) is 4.90 Å². The fourth-order valence-corrected chi connectivity index (χ4v) is 3.08. The van der Waals surface area contributed by atoms with Crippen LogP contribution in [0.4, 0.5) is 10.1 Å². The van der Waals surface area contributed by atoms with Crippen molar-refractivity contribution in [3.05, 3.63) is 70.5 Å². The number of hydrogen-bond donors (Lipinski definition) is 2. The molecule has 0 saturated heterocycles. The number of likely N-dealkylation sites (N-methyl/N-ethyl adjacent to an activating group) is 1. The lowest BCUT2D eigenvalue weighted by atomic mass is 10.2. The molecule has 3 rings (SSSR count). The van der Waals surface area contributed by atoms with Gasteiger partial charge in [-0.15, -0.1) is 0 Å². The maximum atomic E-state index is 13.9. The summed E-state index contributed by atoms with van der Waals surface area (Å²) in [7, 11) is 1.79. The normalized spacial score (nSPS) is 12.0. The van der Waals surface area contributed by atoms with Gasteiger partial charge in [-0.3, -0.25) is 4.79 Å². The van der Waals surface area contributed by atoms with E-state index in [9.17, 15) is 9.18 Å². The summed E-state index contributed by atoms with van der Waals surface area (Å²) in [6, 6.07) is 9.61. The van der Waals surface area contributed by atoms with Gasteiger partial charge in [-0.1, -0.05) is 29.3 Å². The zero-order valence-corrected chi connectivity index (χ0v) is 15.9. The third-order valence-corrected chi connectivity index (χ3v) is 4.49. The van der Waals surface area contributed by atoms with Gasteiger partial charge >= 0.3 is 0 Å². The molecule has 0 saturated carbocycles. The Labute approximate surface area is 165 Å². The molecule has 0 radical (unpaired) electrons. The molecular weight excluding hydrogens is 392 g/mol. The van der Waals surface area contributed by atoms with E-state index < -0.39 is 0 Å². The second-order valence-corrected chi connectivity index (χ2v) is 6.90. The number of nitrogens with one attached hydrogen (secondary N) is 2. The number of aromatic nitrogens is 3. The molecule has 140 valence electrons. The molecule has 0 bridgehead atoms. The third-order valence-electron chi connectivity index (χ3n) is 3.90. The minimum Gasteiger partial charge on any atom is -0.326 e. The van der Waals surface area contributed by atoms with E-state index in [4.69, 9.17) is 23.2 Å². The van der Waals surface area contributed by atoms with Crippen molar-refractivity contribution >= 4 is 34.8 Å². The first-order valence-corrected chi connectivity index (χ1v) is 8.88. The fraction of sp³-hybridized carbons (Fsp3) is 0.167. The van der Waals surface area contributed by atoms with Crippen LogP contribution in [0.15, 0.2) is 49.1 Å². The Morgan fingerprint density at radius 1 is 1.30 bits per heavy atom. The van der Waals surface area contributed by atoms with E-state index in [2.05, 4.69) is 15.4 Å². The van der Waals surface area contributed by atoms with Gasteiger partial charge in [-0.2, -0.15) is 5.10 Å². The third kappa shape index (κ3) is 4.82. The number of hydrogen-bond acceptors (Lipinski definition) is 3. The Morgan fingerprint density at radius 2 is 2.11 bits per heavy atom. The molecular formula is C18H17Cl2FN5O+. The van der Waals surface area contributed by atoms with Crippen molar-refractivity contribution in [3.8, 4) is 5.69 Å². The van der Waals surface area contributed by atoms with Crippen molar-refractivity contribution in [3.63, 3.8) is 0 Å². The van der Waals surface area contributed by atoms with E-state index in [1.54, 1.807) is 37.4 Å². The van der Waals surface area contributed by atoms with Crippen molar-refractivity contribution in [2.24, 2.45) is 0 Å². The van der Waals surface area contributed by atoms with Crippen LogP contribution >= 0.6 is 23.2 Å². The average molecular weight is 409 g/mol. The van der Waals surface area contributed by atoms with Crippen LogP contribution in [0.3, 0.4) is 0 Å². The molecule has 0 spiro atoms. The molecule has 1 heterocycles. The van der Waals surface area contributed by atoms with Gasteiger partial charge in [-0.05, 0) is 30.3 Å². The number of carbonyl (C=O) groups is 1. The molecule has 1 aromatic heterocycles. The Morgan fingerprint density at radius 3 is 2.81 bits per heavy atom. The first-order valence-electron chi connectivity index (χ1n) is 8.12. The van der Waals surface area contributed by atoms with E-state index in [0.29, 0.717) is 27.0 Å². The lowest BCUT2D eigenvalue weighted by Crippen LogP contribution is -3.08. The average Bonchev–Trinajstić information content (AvgIpc) is 3.12. The van der Waals surface area contributed by atoms with Gasteiger partial charge in [0.1, 0.15) is 25.0 Å². The van der Waals surface area contributed by atoms with Crippen molar-refractivity contribution in [2.75, 3.05) is 18.9 Å². The molecule has 0 aliphatic heterocycles. The Balaban J connectivity index is 1.70. The molecule has 3 aromatic rings. The number of carbonyl (C=O) groups excluding carboxylic acids is 1. The minimum absolute atomic E-state index is 0.119. The van der Waals surface area contributed by atoms with E-state index in [1.807, 2.05) is 0 Å². The summed E-state index contributed by atoms with van der Waals surface area (Å²) in [5.74, 6) is -0.630. The zero-order valence-electron chi connectivity index (χ0n) is 14.4. The molecule has 0 aliphatic carbocycles. The predicted molar refractivity (Wildman–Crippen MR) is 102 cm³/mol. The van der Waals surface area contributed by atoms with Gasteiger partial charge in [0.15, 0.2) is 6.54 Å². The molecule has 1 atom stereocenters. The van der Waals surface area contributed by atoms with Crippen LogP contribution in [0.1, 0.15) is 5.56 Å². The largest absolute Gasteiger partial charge is 0.326 e. The lowest BCUT2D eigenvalue weighted by Gasteiger charge is -2.16. The standard InChI is InChI=1S/C18H16Cl2FN5O/c1-25(8-13-14(20)3-2-4-15(13)21)9-18(27)24-16-7-12(19)5-6-17(16)26-11-22-10-23-26/h2-7,10-11H,8-9H2,1H3,(H,24,27)/p+1. The maximum absolute atomic E-state index is 13.9. The summed E-state index contributed by atoms with van der Waals surface area (Å²) in [5.41, 5.74) is 1.53. The summed E-state index contributed by atoms with van der Waals surface area (Å²) >= 11 is 12.1. The summed E-state index contributed by atoms with van der Waals surface area (Å²) in [6.07, 6.45) is 2.92. The Hall–Kier alpha value is -2.48. The van der Waals surface area contributed by atoms with Gasteiger partial charge < -0.3 is 10.2 Å². The highest BCUT2D eigenvalue weighted by Gasteiger charge is 2.17. The maximum Gasteiger partial charge on any atom is 0.279 e. The number of quaternary nitrogens is 1. The van der Waals surface area contributed by atoms with Crippen LogP contribution < -0.4 is 10.2 Å². The summed E-state index contributed by atoms with van der Waals surface area (Å²) in [4.78, 5) is 17.2. The summed E-state index contributed by atoms with van der Waals surface area (Å²) < 4.78 is 15.5. The van der Waals surface area contributed by atoms with Crippen LogP contribution in [0.2, 0.25) is 10.0 Å². The first kappa shape index (κ1) is 19.3. The van der Waals surface area contributed by atoms with Crippen molar-refractivity contribution < 1.29 is 14.1 Å². The van der Waals surface area contributed by atoms with Crippen molar-refractivity contribution in [1.29, 1.82) is 0 Å². The molecule has 9 heteroatoms. The van der Waals surface area contributed by atoms with Crippen LogP contribution in [-0.2, 0) is 11.3 Å². The van der Waals surface area contributed by atoms with Crippen LogP contribution in [-0.4, -0.2) is 34.3 Å². The number of halogens is 3. The summed E-state index contributed by atoms with van der Waals surface area (Å²) in [5, 5.41) is 7.72. The van der Waals surface area contributed by atoms with Crippen LogP contribution in [0, 0.1) is 5.82 Å². The quantitative estimate of drug-likeness (QED) is 0.657. The number of anilines is 1. The monoisotopic (exact) mass is 408 g/mol. The van der Waals surface area contributed by atoms with Gasteiger partial charge in [0.2, 0.25) is 0 Å². The number of rotatable bonds is 6. The van der Waals surface area contributed by atoms with Crippen LogP contribution in [0.25, 0.3) is 5.69 Å². The number of amides is 1. The smallest absolute Gasteiger partial charge is 0.279 e. The molecule has 2 aromatic carbocycles. The molecule has 0 fully saturated rings. The molecule has 6 nitrogen and oxygen atoms in total. The topological polar surface area (TPSA) is 64.2 Å². The zero-order chi connectivity index (χ0) is 19.4. The van der Waals surface area contributed by atoms with Gasteiger partial charge in [-0.25, -0.2) is 14.1 Å². The van der Waals surface area contributed by atoms with Crippen LogP contribution in [0.5, 0.6) is 0 Å². The minimum atomic E-state index is -0.384. The second-order valence-electron chi connectivity index (χ2n) is 6.06. The highest BCUT2D eigenvalue weighted by molar-refractivity contribution is 6.31. The van der Waals surface area contributed by atoms with Gasteiger partial charge in [0.25, 0.3) is 5.91 Å². The summed E-state index contributed by atoms with van der Waals surface area (Å²) in [6.45, 7) is 0.401. The molecule has 1 unspecified atom stereocenters. The molecule has 2 N–H and O–H groups in total. The predicted octanol–water partition coefficient (Wildman–Crippen LogP) is 2.37. The Kier molecular flexibility index (Phi) is 6.05. The number of benzene rings is 2. The second kappa shape index (κ2) is 8.47. The van der Waals surface area contributed by atoms with E-state index in [1.165, 1.54) is 23.4 Å². The van der Waals surface area contributed by atoms with Gasteiger partial charge in [0, 0.05) is 5.02 Å². The lowest BCUT2D eigenvalue weighted by molar-refractivity contribution is -0.885. The first-order chi connectivity index (χ1) is 12.9. The van der Waals surface area contributed by atoms with Crippen molar-refractivity contribution in [2.45, 2.75) is 6.54 Å². The molecule has 0 aliphatic rings. The molecule has 1 amide bonds. The fourth-order valence-electron chi connectivity index (χ4n) is 2.67. The van der Waals surface area contributed by atoms with E-state index >= 15 is 0 Å². The van der Waals surface area contributed by atoms with E-state index in [-0.39, 0.29) is 24.8 Å². The molecule has 27 heavy (non-hydrogen) atoms. The highest BCUT2D eigenvalue weighted by Crippen LogP contribution is 2.23. The highest BCUT2D eigenvalue weighted by atomic mass is 35.5. The van der Waals surface area contributed by atoms with Gasteiger partial charge in [0.05, 0.1) is 29.0 Å².